The first kappa shape index (κ1) is 12.4. The van der Waals surface area contributed by atoms with Crippen LogP contribution in [0.15, 0.2) is 0 Å². The third-order valence-electron chi connectivity index (χ3n) is 3.87. The molecule has 0 aliphatic carbocycles. The van der Waals surface area contributed by atoms with Crippen LogP contribution >= 0.6 is 0 Å². The van der Waals surface area contributed by atoms with Gasteiger partial charge in [0.25, 0.3) is 0 Å². The monoisotopic (exact) mass is 239 g/mol. The fourth-order valence-electron chi connectivity index (χ4n) is 2.67. The van der Waals surface area contributed by atoms with Gasteiger partial charge in [-0.15, -0.1) is 0 Å². The maximum atomic E-state index is 12.3. The summed E-state index contributed by atoms with van der Waals surface area (Å²) >= 11 is 0. The maximum absolute atomic E-state index is 12.3. The van der Waals surface area contributed by atoms with Crippen molar-refractivity contribution >= 4 is 11.8 Å². The average Bonchev–Trinajstić information content (AvgIpc) is 2.82. The number of nitrogens with one attached hydrogen (secondary N) is 3. The number of hydrogen-bond donors (Lipinski definition) is 3. The first-order valence-electron chi connectivity index (χ1n) is 6.52. The molecule has 0 saturated carbocycles. The predicted molar refractivity (Wildman–Crippen MR) is 64.4 cm³/mol. The van der Waals surface area contributed by atoms with Gasteiger partial charge in [0.1, 0.15) is 6.04 Å². The van der Waals surface area contributed by atoms with E-state index >= 15 is 0 Å². The number of hydrogen-bond acceptors (Lipinski definition) is 3. The second kappa shape index (κ2) is 5.04. The second-order valence-corrected chi connectivity index (χ2v) is 4.93. The maximum Gasteiger partial charge on any atom is 0.242 e. The summed E-state index contributed by atoms with van der Waals surface area (Å²) < 4.78 is 0. The molecule has 2 heterocycles. The molecule has 17 heavy (non-hydrogen) atoms. The van der Waals surface area contributed by atoms with Crippen LogP contribution in [0, 0.1) is 0 Å². The van der Waals surface area contributed by atoms with Crippen LogP contribution in [0.4, 0.5) is 0 Å². The van der Waals surface area contributed by atoms with Crippen LogP contribution in [0.2, 0.25) is 0 Å². The molecule has 2 saturated heterocycles. The molecular formula is C12H21N3O2. The van der Waals surface area contributed by atoms with Crippen molar-refractivity contribution in [3.63, 3.8) is 0 Å². The third-order valence-corrected chi connectivity index (χ3v) is 3.87. The standard InChI is InChI=1S/C12H21N3O2/c1-2-12(6-4-8-14-12)11(17)15-9-5-3-7-13-10(9)16/h9,14H,2-8H2,1H3,(H,13,16)(H,15,17). The number of piperidine rings is 1. The summed E-state index contributed by atoms with van der Waals surface area (Å²) in [5.74, 6) is -0.0617. The van der Waals surface area contributed by atoms with Gasteiger partial charge in [-0.05, 0) is 38.6 Å². The third kappa shape index (κ3) is 2.44. The van der Waals surface area contributed by atoms with E-state index in [1.165, 1.54) is 0 Å². The van der Waals surface area contributed by atoms with Crippen molar-refractivity contribution in [2.75, 3.05) is 13.1 Å². The zero-order valence-corrected chi connectivity index (χ0v) is 10.3. The van der Waals surface area contributed by atoms with Gasteiger partial charge in [0, 0.05) is 6.54 Å². The highest BCUT2D eigenvalue weighted by Crippen LogP contribution is 2.23. The smallest absolute Gasteiger partial charge is 0.242 e. The van der Waals surface area contributed by atoms with Crippen LogP contribution < -0.4 is 16.0 Å². The van der Waals surface area contributed by atoms with E-state index in [9.17, 15) is 9.59 Å². The Labute approximate surface area is 102 Å². The zero-order valence-electron chi connectivity index (χ0n) is 10.3. The largest absolute Gasteiger partial charge is 0.354 e. The van der Waals surface area contributed by atoms with E-state index in [0.717, 1.165) is 45.2 Å². The highest BCUT2D eigenvalue weighted by atomic mass is 16.2. The van der Waals surface area contributed by atoms with E-state index in [1.54, 1.807) is 0 Å². The molecule has 0 spiro atoms. The van der Waals surface area contributed by atoms with Gasteiger partial charge in [-0.3, -0.25) is 9.59 Å². The lowest BCUT2D eigenvalue weighted by Gasteiger charge is -2.30. The normalized spacial score (nSPS) is 33.2. The Morgan fingerprint density at radius 2 is 2.29 bits per heavy atom. The molecule has 2 unspecified atom stereocenters. The lowest BCUT2D eigenvalue weighted by Crippen LogP contribution is -2.59. The minimum absolute atomic E-state index is 0.0143. The van der Waals surface area contributed by atoms with E-state index in [2.05, 4.69) is 16.0 Å². The van der Waals surface area contributed by atoms with Crippen molar-refractivity contribution in [2.24, 2.45) is 0 Å². The highest BCUT2D eigenvalue weighted by Gasteiger charge is 2.40. The lowest BCUT2D eigenvalue weighted by molar-refractivity contribution is -0.133. The zero-order chi connectivity index (χ0) is 12.3. The predicted octanol–water partition coefficient (Wildman–Crippen LogP) is -0.0866. The molecule has 2 amide bonds. The van der Waals surface area contributed by atoms with Crippen LogP contribution in [0.25, 0.3) is 0 Å². The minimum atomic E-state index is -0.447. The summed E-state index contributed by atoms with van der Waals surface area (Å²) in [5.41, 5.74) is -0.447. The van der Waals surface area contributed by atoms with Crippen molar-refractivity contribution in [2.45, 2.75) is 50.6 Å². The van der Waals surface area contributed by atoms with Gasteiger partial charge in [0.15, 0.2) is 0 Å². The first-order chi connectivity index (χ1) is 8.18. The highest BCUT2D eigenvalue weighted by molar-refractivity contribution is 5.92. The molecule has 0 aromatic carbocycles. The van der Waals surface area contributed by atoms with Crippen LogP contribution in [-0.4, -0.2) is 36.5 Å². The number of rotatable bonds is 3. The van der Waals surface area contributed by atoms with Gasteiger partial charge in [-0.25, -0.2) is 0 Å². The number of carbonyl (C=O) groups excluding carboxylic acids is 2. The average molecular weight is 239 g/mol. The van der Waals surface area contributed by atoms with Crippen LogP contribution in [-0.2, 0) is 9.59 Å². The number of amides is 2. The van der Waals surface area contributed by atoms with Gasteiger partial charge in [0.05, 0.1) is 5.54 Å². The molecule has 2 atom stereocenters. The molecule has 0 aromatic heterocycles. The summed E-state index contributed by atoms with van der Waals surface area (Å²) in [6.07, 6.45) is 4.34. The second-order valence-electron chi connectivity index (χ2n) is 4.93. The molecule has 0 aromatic rings. The molecule has 5 nitrogen and oxygen atoms in total. The molecule has 3 N–H and O–H groups in total. The Kier molecular flexibility index (Phi) is 3.66. The van der Waals surface area contributed by atoms with Gasteiger partial charge in [-0.2, -0.15) is 0 Å². The first-order valence-corrected chi connectivity index (χ1v) is 6.52. The molecule has 2 rings (SSSR count). The topological polar surface area (TPSA) is 70.2 Å². The molecule has 0 radical (unpaired) electrons. The fourth-order valence-corrected chi connectivity index (χ4v) is 2.67. The van der Waals surface area contributed by atoms with E-state index in [4.69, 9.17) is 0 Å². The molecule has 2 fully saturated rings. The Bertz CT molecular complexity index is 311. The quantitative estimate of drug-likeness (QED) is 0.645. The summed E-state index contributed by atoms with van der Waals surface area (Å²) in [6, 6.07) is -0.345. The van der Waals surface area contributed by atoms with Crippen molar-refractivity contribution in [3.05, 3.63) is 0 Å². The summed E-state index contributed by atoms with van der Waals surface area (Å²) in [5, 5.41) is 8.95. The van der Waals surface area contributed by atoms with Gasteiger partial charge in [-0.1, -0.05) is 6.92 Å². The van der Waals surface area contributed by atoms with Gasteiger partial charge >= 0.3 is 0 Å². The summed E-state index contributed by atoms with van der Waals surface area (Å²) in [7, 11) is 0. The molecule has 0 bridgehead atoms. The van der Waals surface area contributed by atoms with E-state index in [1.807, 2.05) is 6.92 Å². The molecule has 2 aliphatic heterocycles. The Balaban J connectivity index is 1.97. The summed E-state index contributed by atoms with van der Waals surface area (Å²) in [4.78, 5) is 23.8. The molecular weight excluding hydrogens is 218 g/mol. The van der Waals surface area contributed by atoms with E-state index in [0.29, 0.717) is 0 Å². The van der Waals surface area contributed by atoms with Crippen molar-refractivity contribution in [1.29, 1.82) is 0 Å². The van der Waals surface area contributed by atoms with Crippen LogP contribution in [0.3, 0.4) is 0 Å². The van der Waals surface area contributed by atoms with Crippen LogP contribution in [0.1, 0.15) is 39.0 Å². The minimum Gasteiger partial charge on any atom is -0.354 e. The fraction of sp³-hybridized carbons (Fsp3) is 0.833. The van der Waals surface area contributed by atoms with Crippen molar-refractivity contribution in [1.82, 2.24) is 16.0 Å². The Hall–Kier alpha value is -1.10. The van der Waals surface area contributed by atoms with Gasteiger partial charge < -0.3 is 16.0 Å². The Morgan fingerprint density at radius 3 is 2.88 bits per heavy atom. The van der Waals surface area contributed by atoms with E-state index in [-0.39, 0.29) is 17.9 Å². The van der Waals surface area contributed by atoms with Gasteiger partial charge in [0.2, 0.25) is 11.8 Å². The lowest BCUT2D eigenvalue weighted by atomic mass is 9.92. The molecule has 2 aliphatic rings. The molecule has 96 valence electrons. The SMILES string of the molecule is CCC1(C(=O)NC2CCCNC2=O)CCCN1. The number of carbonyl (C=O) groups is 2. The summed E-state index contributed by atoms with van der Waals surface area (Å²) in [6.45, 7) is 3.62. The van der Waals surface area contributed by atoms with Crippen molar-refractivity contribution in [3.8, 4) is 0 Å². The van der Waals surface area contributed by atoms with Crippen molar-refractivity contribution < 1.29 is 9.59 Å². The molecule has 5 heteroatoms. The van der Waals surface area contributed by atoms with E-state index < -0.39 is 5.54 Å². The Morgan fingerprint density at radius 1 is 1.47 bits per heavy atom. The van der Waals surface area contributed by atoms with Crippen LogP contribution in [0.5, 0.6) is 0 Å².